The summed E-state index contributed by atoms with van der Waals surface area (Å²) in [7, 11) is 5.14. The summed E-state index contributed by atoms with van der Waals surface area (Å²) in [6.07, 6.45) is 9.50. The standard InChI is InChI=1S/C29H32IN5O3/c1-32-27(18-12-14-19(15-13-18)29(36)35-20-8-5-4-6-9-20)25-26(31)22(30)17-34-28(25)33-16-21-23(37-2)10-7-11-24(21)38-3/h4-5,7-8,10-15,17,27,32H,6,9,16H2,1-3H3,(H,35,36)(H3,31,33,34). The van der Waals surface area contributed by atoms with Crippen LogP contribution in [0.4, 0.5) is 11.5 Å². The summed E-state index contributed by atoms with van der Waals surface area (Å²) in [6, 6.07) is 13.0. The summed E-state index contributed by atoms with van der Waals surface area (Å²) >= 11 is 2.19. The molecule has 38 heavy (non-hydrogen) atoms. The molecular weight excluding hydrogens is 593 g/mol. The van der Waals surface area contributed by atoms with Crippen LogP contribution in [0.3, 0.4) is 0 Å². The van der Waals surface area contributed by atoms with E-state index in [1.807, 2.05) is 61.7 Å². The largest absolute Gasteiger partial charge is 0.496 e. The minimum Gasteiger partial charge on any atom is -0.496 e. The van der Waals surface area contributed by atoms with E-state index in [0.717, 1.165) is 50.3 Å². The summed E-state index contributed by atoms with van der Waals surface area (Å²) in [5.41, 5.74) is 11.4. The molecule has 0 bridgehead atoms. The first kappa shape index (κ1) is 27.5. The molecule has 1 aliphatic rings. The van der Waals surface area contributed by atoms with Gasteiger partial charge in [0.1, 0.15) is 17.3 Å². The Hall–Kier alpha value is -3.57. The van der Waals surface area contributed by atoms with Crippen molar-refractivity contribution in [2.45, 2.75) is 25.4 Å². The van der Waals surface area contributed by atoms with Gasteiger partial charge in [0.05, 0.1) is 35.1 Å². The van der Waals surface area contributed by atoms with Crippen molar-refractivity contribution < 1.29 is 14.3 Å². The molecule has 1 unspecified atom stereocenters. The van der Waals surface area contributed by atoms with E-state index in [1.165, 1.54) is 0 Å². The van der Waals surface area contributed by atoms with Gasteiger partial charge in [-0.1, -0.05) is 30.4 Å². The van der Waals surface area contributed by atoms with Gasteiger partial charge in [-0.05, 0) is 78.4 Å². The molecule has 1 aromatic heterocycles. The molecule has 9 heteroatoms. The Morgan fingerprint density at radius 2 is 1.84 bits per heavy atom. The maximum absolute atomic E-state index is 12.8. The molecule has 5 N–H and O–H groups in total. The van der Waals surface area contributed by atoms with E-state index in [1.54, 1.807) is 20.4 Å². The number of benzene rings is 2. The Morgan fingerprint density at radius 1 is 1.13 bits per heavy atom. The number of pyridine rings is 1. The van der Waals surface area contributed by atoms with Crippen LogP contribution in [0.25, 0.3) is 0 Å². The van der Waals surface area contributed by atoms with E-state index in [0.29, 0.717) is 23.6 Å². The van der Waals surface area contributed by atoms with Crippen LogP contribution in [0.1, 0.15) is 45.9 Å². The molecule has 1 heterocycles. The molecule has 1 atom stereocenters. The van der Waals surface area contributed by atoms with Crippen molar-refractivity contribution >= 4 is 40.0 Å². The zero-order valence-electron chi connectivity index (χ0n) is 21.7. The van der Waals surface area contributed by atoms with Crippen LogP contribution in [0.2, 0.25) is 0 Å². The number of nitrogen functional groups attached to an aromatic ring is 1. The van der Waals surface area contributed by atoms with Gasteiger partial charge in [-0.15, -0.1) is 0 Å². The fourth-order valence-electron chi connectivity index (χ4n) is 4.45. The fourth-order valence-corrected chi connectivity index (χ4v) is 4.88. The Balaban J connectivity index is 1.61. The van der Waals surface area contributed by atoms with E-state index in [2.05, 4.69) is 49.6 Å². The molecule has 0 aliphatic heterocycles. The Kier molecular flexibility index (Phi) is 9.24. The number of amides is 1. The molecule has 0 fully saturated rings. The fraction of sp³-hybridized carbons (Fsp3) is 0.241. The molecule has 3 aromatic rings. The summed E-state index contributed by atoms with van der Waals surface area (Å²) < 4.78 is 11.9. The first-order chi connectivity index (χ1) is 18.5. The minimum absolute atomic E-state index is 0.123. The topological polar surface area (TPSA) is 111 Å². The molecular formula is C29H32IN5O3. The Labute approximate surface area is 236 Å². The lowest BCUT2D eigenvalue weighted by atomic mass is 9.96. The predicted molar refractivity (Wildman–Crippen MR) is 160 cm³/mol. The monoisotopic (exact) mass is 625 g/mol. The number of hydrogen-bond acceptors (Lipinski definition) is 7. The van der Waals surface area contributed by atoms with Crippen molar-refractivity contribution in [3.05, 3.63) is 98.4 Å². The number of aromatic nitrogens is 1. The SMILES string of the molecule is CNC(c1ccc(C(=O)NC2=CC=CCC2)cc1)c1c(NCc2c(OC)cccc2OC)ncc(I)c1N. The highest BCUT2D eigenvalue weighted by Gasteiger charge is 2.23. The second kappa shape index (κ2) is 12.8. The lowest BCUT2D eigenvalue weighted by molar-refractivity contribution is 0.0964. The summed E-state index contributed by atoms with van der Waals surface area (Å²) in [4.78, 5) is 17.4. The van der Waals surface area contributed by atoms with Gasteiger partial charge in [0.25, 0.3) is 5.91 Å². The lowest BCUT2D eigenvalue weighted by Gasteiger charge is -2.24. The quantitative estimate of drug-likeness (QED) is 0.230. The number of hydrogen-bond donors (Lipinski definition) is 4. The maximum Gasteiger partial charge on any atom is 0.255 e. The van der Waals surface area contributed by atoms with Crippen LogP contribution in [0.5, 0.6) is 11.5 Å². The van der Waals surface area contributed by atoms with Gasteiger partial charge in [0, 0.05) is 29.6 Å². The Bertz CT molecular complexity index is 1330. The van der Waals surface area contributed by atoms with Crippen LogP contribution >= 0.6 is 22.6 Å². The molecule has 198 valence electrons. The molecule has 0 radical (unpaired) electrons. The minimum atomic E-state index is -0.261. The van der Waals surface area contributed by atoms with E-state index < -0.39 is 0 Å². The number of allylic oxidation sites excluding steroid dienone is 4. The molecule has 1 aliphatic carbocycles. The van der Waals surface area contributed by atoms with E-state index in [4.69, 9.17) is 15.2 Å². The smallest absolute Gasteiger partial charge is 0.255 e. The van der Waals surface area contributed by atoms with Gasteiger partial charge < -0.3 is 31.2 Å². The van der Waals surface area contributed by atoms with Crippen molar-refractivity contribution in [3.63, 3.8) is 0 Å². The van der Waals surface area contributed by atoms with Crippen molar-refractivity contribution in [1.29, 1.82) is 0 Å². The number of anilines is 2. The zero-order chi connectivity index (χ0) is 27.1. The number of carbonyl (C=O) groups is 1. The number of ether oxygens (including phenoxy) is 2. The highest BCUT2D eigenvalue weighted by molar-refractivity contribution is 14.1. The normalized spacial score (nSPS) is 13.4. The molecule has 2 aromatic carbocycles. The van der Waals surface area contributed by atoms with Gasteiger partial charge in [-0.3, -0.25) is 4.79 Å². The van der Waals surface area contributed by atoms with Crippen molar-refractivity contribution in [2.24, 2.45) is 0 Å². The van der Waals surface area contributed by atoms with Crippen LogP contribution in [0, 0.1) is 3.57 Å². The van der Waals surface area contributed by atoms with Crippen LogP contribution in [-0.2, 0) is 6.54 Å². The number of nitrogens with one attached hydrogen (secondary N) is 3. The van der Waals surface area contributed by atoms with Gasteiger partial charge in [-0.25, -0.2) is 4.98 Å². The number of halogens is 1. The van der Waals surface area contributed by atoms with Crippen LogP contribution in [-0.4, -0.2) is 32.2 Å². The second-order valence-corrected chi connectivity index (χ2v) is 9.90. The average Bonchev–Trinajstić information content (AvgIpc) is 2.95. The van der Waals surface area contributed by atoms with Gasteiger partial charge >= 0.3 is 0 Å². The van der Waals surface area contributed by atoms with Crippen molar-refractivity contribution in [1.82, 2.24) is 15.6 Å². The highest BCUT2D eigenvalue weighted by atomic mass is 127. The van der Waals surface area contributed by atoms with E-state index in [9.17, 15) is 4.79 Å². The third-order valence-electron chi connectivity index (χ3n) is 6.44. The van der Waals surface area contributed by atoms with Gasteiger partial charge in [-0.2, -0.15) is 0 Å². The third-order valence-corrected chi connectivity index (χ3v) is 7.30. The summed E-state index contributed by atoms with van der Waals surface area (Å²) in [6.45, 7) is 0.424. The number of nitrogens with two attached hydrogens (primary N) is 1. The number of nitrogens with zero attached hydrogens (tertiary/aromatic N) is 1. The third kappa shape index (κ3) is 6.11. The summed E-state index contributed by atoms with van der Waals surface area (Å²) in [5.74, 6) is 1.96. The van der Waals surface area contributed by atoms with Crippen molar-refractivity contribution in [3.8, 4) is 11.5 Å². The van der Waals surface area contributed by atoms with Crippen LogP contribution < -0.4 is 31.2 Å². The molecule has 0 saturated carbocycles. The zero-order valence-corrected chi connectivity index (χ0v) is 23.8. The van der Waals surface area contributed by atoms with Gasteiger partial charge in [0.2, 0.25) is 0 Å². The molecule has 0 spiro atoms. The summed E-state index contributed by atoms with van der Waals surface area (Å²) in [5, 5.41) is 9.81. The number of methoxy groups -OCH3 is 2. The predicted octanol–water partition coefficient (Wildman–Crippen LogP) is 5.17. The first-order valence-electron chi connectivity index (χ1n) is 12.3. The maximum atomic E-state index is 12.8. The molecule has 0 saturated heterocycles. The first-order valence-corrected chi connectivity index (χ1v) is 13.4. The van der Waals surface area contributed by atoms with E-state index >= 15 is 0 Å². The molecule has 1 amide bonds. The van der Waals surface area contributed by atoms with E-state index in [-0.39, 0.29) is 11.9 Å². The number of rotatable bonds is 10. The molecule has 4 rings (SSSR count). The lowest BCUT2D eigenvalue weighted by Crippen LogP contribution is -2.24. The Morgan fingerprint density at radius 3 is 2.45 bits per heavy atom. The second-order valence-electron chi connectivity index (χ2n) is 8.73. The van der Waals surface area contributed by atoms with Crippen LogP contribution in [0.15, 0.2) is 72.6 Å². The average molecular weight is 626 g/mol. The number of carbonyl (C=O) groups excluding carboxylic acids is 1. The van der Waals surface area contributed by atoms with Gasteiger partial charge in [0.15, 0.2) is 0 Å². The highest BCUT2D eigenvalue weighted by Crippen LogP contribution is 2.36. The molecule has 8 nitrogen and oxygen atoms in total. The van der Waals surface area contributed by atoms with Crippen molar-refractivity contribution in [2.75, 3.05) is 32.3 Å².